The zero-order valence-corrected chi connectivity index (χ0v) is 41.4. The predicted octanol–water partition coefficient (Wildman–Crippen LogP) is 14.6. The van der Waals surface area contributed by atoms with Gasteiger partial charge in [0.25, 0.3) is 0 Å². The van der Waals surface area contributed by atoms with E-state index in [0.29, 0.717) is 47.3 Å². The fourth-order valence-electron chi connectivity index (χ4n) is 17.5. The van der Waals surface area contributed by atoms with Gasteiger partial charge in [-0.05, 0) is 166 Å². The average Bonchev–Trinajstić information content (AvgIpc) is 4.12. The zero-order chi connectivity index (χ0) is 46.8. The van der Waals surface area contributed by atoms with Crippen molar-refractivity contribution < 1.29 is 0 Å². The molecule has 4 heteroatoms. The van der Waals surface area contributed by atoms with Crippen LogP contribution in [0.25, 0.3) is 22.3 Å². The molecule has 0 spiro atoms. The molecule has 8 bridgehead atoms. The molecular formula is C68H62N4. The summed E-state index contributed by atoms with van der Waals surface area (Å²) in [6, 6.07) is 46.0. The van der Waals surface area contributed by atoms with Crippen LogP contribution in [0.3, 0.4) is 0 Å². The Hall–Kier alpha value is -6.52. The fraction of sp³-hybridized carbons (Fsp3) is 0.353. The molecule has 4 saturated carbocycles. The van der Waals surface area contributed by atoms with Gasteiger partial charge in [-0.1, -0.05) is 173 Å². The van der Waals surface area contributed by atoms with Crippen molar-refractivity contribution >= 4 is 33.7 Å². The molecule has 4 nitrogen and oxygen atoms in total. The van der Waals surface area contributed by atoms with Crippen LogP contribution in [0.15, 0.2) is 165 Å². The SMILES string of the molecule is c1ccc(C2=C3N=C(C4=C3C3CCCCC43)C(c3ccccc3)=c3[nH]c(c4c3C3CCCCC43)=C(c3ccccc3)C3=NC(=C(c4ccccc4)c4[nH]c2c2c4C4CCCCC24)C2=C3C3CCCCC23)cc1. The van der Waals surface area contributed by atoms with Gasteiger partial charge in [-0.15, -0.1) is 0 Å². The second-order valence-corrected chi connectivity index (χ2v) is 23.6. The smallest absolute Gasteiger partial charge is 0.0775 e. The number of nitrogens with zero attached hydrogens (tertiary/aromatic N) is 2. The Morgan fingerprint density at radius 2 is 0.583 bits per heavy atom. The molecule has 72 heavy (non-hydrogen) atoms. The van der Waals surface area contributed by atoms with Crippen molar-refractivity contribution in [1.82, 2.24) is 9.97 Å². The lowest BCUT2D eigenvalue weighted by atomic mass is 9.58. The van der Waals surface area contributed by atoms with E-state index in [1.165, 1.54) is 192 Å². The molecular weight excluding hydrogens is 873 g/mol. The minimum Gasteiger partial charge on any atom is -0.354 e. The van der Waals surface area contributed by atoms with E-state index in [2.05, 4.69) is 131 Å². The molecule has 0 amide bonds. The normalized spacial score (nSPS) is 29.2. The number of hydrogen-bond acceptors (Lipinski definition) is 2. The number of nitrogens with one attached hydrogen (secondary N) is 2. The Bertz CT molecular complexity index is 3420. The molecule has 0 radical (unpaired) electrons. The number of allylic oxidation sites excluding steroid dienone is 4. The average molecular weight is 935 g/mol. The van der Waals surface area contributed by atoms with Crippen LogP contribution in [0.4, 0.5) is 0 Å². The van der Waals surface area contributed by atoms with Crippen molar-refractivity contribution in [3.63, 3.8) is 0 Å². The second-order valence-electron chi connectivity index (χ2n) is 23.6. The van der Waals surface area contributed by atoms with E-state index < -0.39 is 0 Å². The summed E-state index contributed by atoms with van der Waals surface area (Å²) in [6.07, 6.45) is 20.4. The number of rotatable bonds is 4. The summed E-state index contributed by atoms with van der Waals surface area (Å²) in [6.45, 7) is 0. The summed E-state index contributed by atoms with van der Waals surface area (Å²) < 4.78 is 0. The van der Waals surface area contributed by atoms with Crippen LogP contribution in [0.1, 0.15) is 182 Å². The highest BCUT2D eigenvalue weighted by Gasteiger charge is 2.54. The third kappa shape index (κ3) is 5.44. The lowest BCUT2D eigenvalue weighted by Crippen LogP contribution is -2.38. The highest BCUT2D eigenvalue weighted by molar-refractivity contribution is 6.36. The van der Waals surface area contributed by atoms with E-state index in [1.807, 2.05) is 0 Å². The quantitative estimate of drug-likeness (QED) is 0.177. The van der Waals surface area contributed by atoms with E-state index in [-0.39, 0.29) is 0 Å². The predicted molar refractivity (Wildman–Crippen MR) is 291 cm³/mol. The first-order valence-electron chi connectivity index (χ1n) is 28.4. The maximum Gasteiger partial charge on any atom is 0.0775 e. The first-order chi connectivity index (χ1) is 35.8. The molecule has 8 unspecified atom stereocenters. The van der Waals surface area contributed by atoms with Crippen molar-refractivity contribution in [2.75, 3.05) is 0 Å². The van der Waals surface area contributed by atoms with Gasteiger partial charge in [0, 0.05) is 22.3 Å². The van der Waals surface area contributed by atoms with Gasteiger partial charge < -0.3 is 9.97 Å². The van der Waals surface area contributed by atoms with Gasteiger partial charge in [0.2, 0.25) is 0 Å². The van der Waals surface area contributed by atoms with Crippen molar-refractivity contribution in [3.8, 4) is 0 Å². The molecule has 17 rings (SSSR count). The zero-order valence-electron chi connectivity index (χ0n) is 41.4. The number of benzene rings is 4. The van der Waals surface area contributed by atoms with Crippen LogP contribution in [0, 0.1) is 23.7 Å². The monoisotopic (exact) mass is 934 g/mol. The molecule has 354 valence electrons. The van der Waals surface area contributed by atoms with Crippen molar-refractivity contribution in [2.24, 2.45) is 33.7 Å². The highest BCUT2D eigenvalue weighted by atomic mass is 14.9. The molecule has 6 aromatic rings. The van der Waals surface area contributed by atoms with Gasteiger partial charge in [-0.2, -0.15) is 0 Å². The molecule has 4 aromatic carbocycles. The largest absolute Gasteiger partial charge is 0.354 e. The van der Waals surface area contributed by atoms with Crippen molar-refractivity contribution in [1.29, 1.82) is 0 Å². The minimum atomic E-state index is 0.536. The van der Waals surface area contributed by atoms with Gasteiger partial charge in [-0.3, -0.25) is 0 Å². The van der Waals surface area contributed by atoms with Crippen LogP contribution in [0.2, 0.25) is 0 Å². The summed E-state index contributed by atoms with van der Waals surface area (Å²) >= 11 is 0. The van der Waals surface area contributed by atoms with E-state index in [4.69, 9.17) is 9.98 Å². The molecule has 9 aliphatic carbocycles. The van der Waals surface area contributed by atoms with Gasteiger partial charge >= 0.3 is 0 Å². The Balaban J connectivity index is 1.10. The summed E-state index contributed by atoms with van der Waals surface area (Å²) in [5.74, 6) is 4.34. The molecule has 8 atom stereocenters. The second kappa shape index (κ2) is 15.5. The van der Waals surface area contributed by atoms with E-state index in [0.717, 1.165) is 0 Å². The topological polar surface area (TPSA) is 56.3 Å². The molecule has 2 N–H and O–H groups in total. The summed E-state index contributed by atoms with van der Waals surface area (Å²) in [4.78, 5) is 21.6. The first kappa shape index (κ1) is 41.0. The Morgan fingerprint density at radius 3 is 0.931 bits per heavy atom. The molecule has 2 aromatic heterocycles. The molecule has 4 fully saturated rings. The Labute approximate surface area is 423 Å². The number of aliphatic imine (C=N–C) groups is 2. The number of hydrogen-bond donors (Lipinski definition) is 2. The summed E-state index contributed by atoms with van der Waals surface area (Å²) in [5, 5.41) is 2.66. The summed E-state index contributed by atoms with van der Waals surface area (Å²) in [7, 11) is 0. The van der Waals surface area contributed by atoms with Crippen LogP contribution in [-0.4, -0.2) is 21.4 Å². The van der Waals surface area contributed by atoms with Gasteiger partial charge in [0.15, 0.2) is 0 Å². The van der Waals surface area contributed by atoms with Crippen LogP contribution in [0.5, 0.6) is 0 Å². The third-order valence-corrected chi connectivity index (χ3v) is 20.4. The van der Waals surface area contributed by atoms with Gasteiger partial charge in [-0.25, -0.2) is 9.98 Å². The van der Waals surface area contributed by atoms with Crippen LogP contribution < -0.4 is 10.7 Å². The number of H-pyrrole nitrogens is 2. The lowest BCUT2D eigenvalue weighted by Gasteiger charge is -2.44. The van der Waals surface area contributed by atoms with Crippen molar-refractivity contribution in [3.05, 3.63) is 222 Å². The van der Waals surface area contributed by atoms with Crippen LogP contribution in [-0.2, 0) is 0 Å². The molecule has 4 heterocycles. The number of aromatic nitrogens is 2. The lowest BCUT2D eigenvalue weighted by molar-refractivity contribution is 0.279. The Morgan fingerprint density at radius 1 is 0.292 bits per heavy atom. The maximum absolute atomic E-state index is 6.32. The Kier molecular flexibility index (Phi) is 8.83. The third-order valence-electron chi connectivity index (χ3n) is 20.4. The maximum atomic E-state index is 6.32. The minimum absolute atomic E-state index is 0.536. The molecule has 2 aliphatic heterocycles. The first-order valence-corrected chi connectivity index (χ1v) is 28.4. The molecule has 11 aliphatic rings. The van der Waals surface area contributed by atoms with Crippen LogP contribution >= 0.6 is 0 Å². The highest BCUT2D eigenvalue weighted by Crippen LogP contribution is 2.65. The van der Waals surface area contributed by atoms with E-state index in [1.54, 1.807) is 44.5 Å². The number of aromatic amines is 2. The van der Waals surface area contributed by atoms with E-state index in [9.17, 15) is 0 Å². The summed E-state index contributed by atoms with van der Waals surface area (Å²) in [5.41, 5.74) is 30.5. The van der Waals surface area contributed by atoms with Crippen molar-refractivity contribution in [2.45, 2.75) is 126 Å². The molecule has 0 saturated heterocycles. The van der Waals surface area contributed by atoms with Gasteiger partial charge in [0.05, 0.1) is 44.9 Å². The standard InChI is InChI=1S/C68H62N4/c1-5-21-37(22-6-1)49-61-53-41-29-13-15-31-43(41)55(53)63(69-61)50(38-23-7-2-8-24-38)65-57-45-33-17-19-35-47(45)59(57)67(71-65)52(40-27-11-4-12-28-40)68-60-48-36-20-18-34-46(48)58(60)66(72-68)51(39-25-9-3-10-26-39)64-56-44-32-16-14-30-42(44)54(56)62(49)70-64/h1-12,21-28,41-48,69,72H,13-20,29-36H2. The fourth-order valence-corrected chi connectivity index (χ4v) is 17.5. The number of fused-ring (bicyclic) bond motifs is 4. The van der Waals surface area contributed by atoms with Gasteiger partial charge in [0.1, 0.15) is 0 Å². The van der Waals surface area contributed by atoms with E-state index >= 15 is 0 Å².